The van der Waals surface area contributed by atoms with Crippen LogP contribution in [0.2, 0.25) is 0 Å². The summed E-state index contributed by atoms with van der Waals surface area (Å²) in [6.07, 6.45) is 0. The highest BCUT2D eigenvalue weighted by molar-refractivity contribution is 9.11. The molecule has 122 valence electrons. The van der Waals surface area contributed by atoms with Crippen LogP contribution in [0, 0.1) is 10.1 Å². The Morgan fingerprint density at radius 2 is 1.70 bits per heavy atom. The molecule has 7 heteroatoms. The van der Waals surface area contributed by atoms with Gasteiger partial charge in [-0.05, 0) is 62.0 Å². The van der Waals surface area contributed by atoms with E-state index in [1.54, 1.807) is 31.4 Å². The van der Waals surface area contributed by atoms with Gasteiger partial charge in [0.25, 0.3) is 5.69 Å². The van der Waals surface area contributed by atoms with Crippen molar-refractivity contribution in [1.82, 2.24) is 0 Å². The number of rotatable bonds is 5. The van der Waals surface area contributed by atoms with Gasteiger partial charge >= 0.3 is 0 Å². The second-order valence-electron chi connectivity index (χ2n) is 5.12. The molecule has 0 radical (unpaired) electrons. The lowest BCUT2D eigenvalue weighted by atomic mass is 10.0. The standard InChI is InChI=1S/C16H15Br2NO4/c1-9(2)14-13(19(20)21)8-12(17)16(15(14)18)23-11-6-4-10(22-3)5-7-11/h4-9H,1-3H3. The molecule has 0 atom stereocenters. The summed E-state index contributed by atoms with van der Waals surface area (Å²) in [6, 6.07) is 8.58. The molecule has 5 nitrogen and oxygen atoms in total. The highest BCUT2D eigenvalue weighted by Crippen LogP contribution is 2.45. The Morgan fingerprint density at radius 3 is 2.17 bits per heavy atom. The second kappa shape index (κ2) is 7.31. The largest absolute Gasteiger partial charge is 0.497 e. The average molecular weight is 445 g/mol. The van der Waals surface area contributed by atoms with Gasteiger partial charge in [0.2, 0.25) is 0 Å². The third-order valence-corrected chi connectivity index (χ3v) is 4.62. The summed E-state index contributed by atoms with van der Waals surface area (Å²) in [5.41, 5.74) is 0.655. The lowest BCUT2D eigenvalue weighted by Crippen LogP contribution is -2.01. The summed E-state index contributed by atoms with van der Waals surface area (Å²) in [6.45, 7) is 3.80. The fraction of sp³-hybridized carbons (Fsp3) is 0.250. The van der Waals surface area contributed by atoms with Crippen LogP contribution < -0.4 is 9.47 Å². The first-order valence-corrected chi connectivity index (χ1v) is 8.42. The van der Waals surface area contributed by atoms with Crippen molar-refractivity contribution in [2.24, 2.45) is 0 Å². The minimum Gasteiger partial charge on any atom is -0.497 e. The van der Waals surface area contributed by atoms with Gasteiger partial charge in [-0.2, -0.15) is 0 Å². The molecule has 0 aliphatic rings. The van der Waals surface area contributed by atoms with Crippen LogP contribution >= 0.6 is 31.9 Å². The van der Waals surface area contributed by atoms with Crippen LogP contribution in [0.4, 0.5) is 5.69 Å². The number of hydrogen-bond acceptors (Lipinski definition) is 4. The summed E-state index contributed by atoms with van der Waals surface area (Å²) in [5, 5.41) is 11.3. The summed E-state index contributed by atoms with van der Waals surface area (Å²) in [4.78, 5) is 10.9. The molecule has 2 rings (SSSR count). The van der Waals surface area contributed by atoms with Gasteiger partial charge in [-0.25, -0.2) is 0 Å². The van der Waals surface area contributed by atoms with Gasteiger partial charge in [-0.3, -0.25) is 10.1 Å². The molecule has 0 amide bonds. The molecule has 0 bridgehead atoms. The number of nitrogens with zero attached hydrogens (tertiary/aromatic N) is 1. The Bertz CT molecular complexity index is 730. The predicted octanol–water partition coefficient (Wildman–Crippen LogP) is 6.04. The van der Waals surface area contributed by atoms with Gasteiger partial charge < -0.3 is 9.47 Å². The predicted molar refractivity (Wildman–Crippen MR) is 95.7 cm³/mol. The topological polar surface area (TPSA) is 61.6 Å². The fourth-order valence-electron chi connectivity index (χ4n) is 2.16. The second-order valence-corrected chi connectivity index (χ2v) is 6.77. The third-order valence-electron chi connectivity index (χ3n) is 3.25. The first-order valence-electron chi connectivity index (χ1n) is 6.83. The van der Waals surface area contributed by atoms with Gasteiger partial charge in [-0.1, -0.05) is 13.8 Å². The quantitative estimate of drug-likeness (QED) is 0.416. The van der Waals surface area contributed by atoms with E-state index in [1.165, 1.54) is 6.07 Å². The molecule has 0 aliphatic heterocycles. The number of nitro benzene ring substituents is 1. The van der Waals surface area contributed by atoms with Gasteiger partial charge in [0.15, 0.2) is 5.75 Å². The van der Waals surface area contributed by atoms with E-state index in [0.717, 1.165) is 5.75 Å². The van der Waals surface area contributed by atoms with Gasteiger partial charge in [0, 0.05) is 6.07 Å². The molecule has 0 heterocycles. The van der Waals surface area contributed by atoms with E-state index in [1.807, 2.05) is 13.8 Å². The van der Waals surface area contributed by atoms with Gasteiger partial charge in [-0.15, -0.1) is 0 Å². The molecule has 2 aromatic carbocycles. The summed E-state index contributed by atoms with van der Waals surface area (Å²) >= 11 is 6.80. The van der Waals surface area contributed by atoms with Crippen molar-refractivity contribution in [2.45, 2.75) is 19.8 Å². The van der Waals surface area contributed by atoms with Crippen LogP contribution in [0.15, 0.2) is 39.3 Å². The summed E-state index contributed by atoms with van der Waals surface area (Å²) < 4.78 is 12.1. The van der Waals surface area contributed by atoms with Crippen LogP contribution in [-0.4, -0.2) is 12.0 Å². The Morgan fingerprint density at radius 1 is 1.13 bits per heavy atom. The van der Waals surface area contributed by atoms with Crippen LogP contribution in [0.3, 0.4) is 0 Å². The molecule has 0 saturated heterocycles. The molecule has 0 fully saturated rings. The lowest BCUT2D eigenvalue weighted by molar-refractivity contribution is -0.385. The van der Waals surface area contributed by atoms with Crippen LogP contribution in [0.1, 0.15) is 25.3 Å². The van der Waals surface area contributed by atoms with E-state index in [-0.39, 0.29) is 16.5 Å². The maximum Gasteiger partial charge on any atom is 0.275 e. The van der Waals surface area contributed by atoms with Crippen molar-refractivity contribution in [3.05, 3.63) is 55.0 Å². The van der Waals surface area contributed by atoms with Crippen molar-refractivity contribution in [1.29, 1.82) is 0 Å². The molecule has 0 saturated carbocycles. The molecule has 0 spiro atoms. The zero-order chi connectivity index (χ0) is 17.1. The Hall–Kier alpha value is -1.60. The maximum atomic E-state index is 11.3. The number of nitro groups is 1. The van der Waals surface area contributed by atoms with Crippen LogP contribution in [-0.2, 0) is 0 Å². The van der Waals surface area contributed by atoms with Crippen molar-refractivity contribution in [2.75, 3.05) is 7.11 Å². The first-order chi connectivity index (χ1) is 10.8. The first kappa shape index (κ1) is 17.7. The van der Waals surface area contributed by atoms with Crippen molar-refractivity contribution in [3.8, 4) is 17.2 Å². The molecule has 2 aromatic rings. The molecular weight excluding hydrogens is 430 g/mol. The number of halogens is 2. The van der Waals surface area contributed by atoms with Crippen molar-refractivity contribution in [3.63, 3.8) is 0 Å². The number of methoxy groups -OCH3 is 1. The Labute approximate surface area is 151 Å². The number of hydrogen-bond donors (Lipinski definition) is 0. The van der Waals surface area contributed by atoms with E-state index >= 15 is 0 Å². The van der Waals surface area contributed by atoms with E-state index < -0.39 is 0 Å². The van der Waals surface area contributed by atoms with Gasteiger partial charge in [0.05, 0.1) is 26.5 Å². The zero-order valence-corrected chi connectivity index (χ0v) is 16.0. The van der Waals surface area contributed by atoms with Crippen LogP contribution in [0.25, 0.3) is 0 Å². The molecule has 0 N–H and O–H groups in total. The molecule has 23 heavy (non-hydrogen) atoms. The minimum absolute atomic E-state index is 0.0314. The van der Waals surface area contributed by atoms with E-state index in [0.29, 0.717) is 26.0 Å². The van der Waals surface area contributed by atoms with Crippen LogP contribution in [0.5, 0.6) is 17.2 Å². The summed E-state index contributed by atoms with van der Waals surface area (Å²) in [7, 11) is 1.59. The molecular formula is C16H15Br2NO4. The lowest BCUT2D eigenvalue weighted by Gasteiger charge is -2.16. The highest BCUT2D eigenvalue weighted by Gasteiger charge is 2.25. The maximum absolute atomic E-state index is 11.3. The monoisotopic (exact) mass is 443 g/mol. The number of ether oxygens (including phenoxy) is 2. The Balaban J connectivity index is 2.49. The van der Waals surface area contributed by atoms with Gasteiger partial charge in [0.1, 0.15) is 11.5 Å². The fourth-order valence-corrected chi connectivity index (χ4v) is 3.88. The molecule has 0 aromatic heterocycles. The third kappa shape index (κ3) is 3.84. The molecule has 0 unspecified atom stereocenters. The minimum atomic E-state index is -0.387. The normalized spacial score (nSPS) is 10.7. The Kier molecular flexibility index (Phi) is 5.64. The average Bonchev–Trinajstić information content (AvgIpc) is 2.50. The SMILES string of the molecule is COc1ccc(Oc2c(Br)cc([N+](=O)[O-])c(C(C)C)c2Br)cc1. The molecule has 0 aliphatic carbocycles. The van der Waals surface area contributed by atoms with Crippen molar-refractivity contribution >= 4 is 37.5 Å². The van der Waals surface area contributed by atoms with Crippen molar-refractivity contribution < 1.29 is 14.4 Å². The number of benzene rings is 2. The van der Waals surface area contributed by atoms with E-state index in [4.69, 9.17) is 9.47 Å². The van der Waals surface area contributed by atoms with E-state index in [9.17, 15) is 10.1 Å². The van der Waals surface area contributed by atoms with E-state index in [2.05, 4.69) is 31.9 Å². The summed E-state index contributed by atoms with van der Waals surface area (Å²) in [5.74, 6) is 1.80. The smallest absolute Gasteiger partial charge is 0.275 e. The highest BCUT2D eigenvalue weighted by atomic mass is 79.9. The zero-order valence-electron chi connectivity index (χ0n) is 12.8.